The molecule has 8 nitrogen and oxygen atoms in total. The topological polar surface area (TPSA) is 98.3 Å². The minimum Gasteiger partial charge on any atom is -0.491 e. The van der Waals surface area contributed by atoms with Gasteiger partial charge in [-0.25, -0.2) is 0 Å². The number of nitrogen functional groups attached to an aromatic ring is 1. The van der Waals surface area contributed by atoms with Crippen molar-refractivity contribution in [1.82, 2.24) is 14.8 Å². The highest BCUT2D eigenvalue weighted by Gasteiger charge is 2.17. The molecule has 0 bridgehead atoms. The van der Waals surface area contributed by atoms with E-state index in [1.54, 1.807) is 24.3 Å². The van der Waals surface area contributed by atoms with Gasteiger partial charge in [-0.3, -0.25) is 4.79 Å². The lowest BCUT2D eigenvalue weighted by atomic mass is 10.1. The zero-order valence-electron chi connectivity index (χ0n) is 17.9. The Hall–Kier alpha value is -3.55. The number of carbonyl (C=O) groups excluding carboxylic acids is 1. The third kappa shape index (κ3) is 4.96. The molecule has 0 radical (unpaired) electrons. The molecule has 2 heterocycles. The van der Waals surface area contributed by atoms with Crippen LogP contribution in [0.15, 0.2) is 48.5 Å². The minimum atomic E-state index is -0.351. The van der Waals surface area contributed by atoms with E-state index in [2.05, 4.69) is 32.4 Å². The third-order valence-electron chi connectivity index (χ3n) is 5.12. The SMILES string of the molecule is CC(C)Oc1ccc(C(=O)n2nc(Nc3cccc(N4CCCCC4)c3)nc2N)cc1. The number of ether oxygens (including phenoxy) is 1. The smallest absolute Gasteiger partial charge is 0.281 e. The highest BCUT2D eigenvalue weighted by molar-refractivity contribution is 5.97. The van der Waals surface area contributed by atoms with Crippen LogP contribution in [0.25, 0.3) is 0 Å². The number of piperidine rings is 1. The van der Waals surface area contributed by atoms with Gasteiger partial charge in [0, 0.05) is 30.0 Å². The Morgan fingerprint density at radius 2 is 1.84 bits per heavy atom. The molecule has 31 heavy (non-hydrogen) atoms. The molecule has 3 aromatic rings. The van der Waals surface area contributed by atoms with Crippen LogP contribution in [0.1, 0.15) is 43.5 Å². The fourth-order valence-corrected chi connectivity index (χ4v) is 3.66. The first-order valence-corrected chi connectivity index (χ1v) is 10.7. The molecule has 4 rings (SSSR count). The van der Waals surface area contributed by atoms with Crippen molar-refractivity contribution in [3.63, 3.8) is 0 Å². The third-order valence-corrected chi connectivity index (χ3v) is 5.12. The van der Waals surface area contributed by atoms with E-state index in [-0.39, 0.29) is 23.9 Å². The van der Waals surface area contributed by atoms with Gasteiger partial charge in [-0.15, -0.1) is 5.10 Å². The van der Waals surface area contributed by atoms with Crippen molar-refractivity contribution in [1.29, 1.82) is 0 Å². The summed E-state index contributed by atoms with van der Waals surface area (Å²) in [4.78, 5) is 19.4. The van der Waals surface area contributed by atoms with Crippen LogP contribution < -0.4 is 20.7 Å². The quantitative estimate of drug-likeness (QED) is 0.620. The summed E-state index contributed by atoms with van der Waals surface area (Å²) in [5, 5.41) is 7.43. The Labute approximate surface area is 182 Å². The lowest BCUT2D eigenvalue weighted by Crippen LogP contribution is -2.29. The van der Waals surface area contributed by atoms with Crippen molar-refractivity contribution >= 4 is 29.2 Å². The average molecular weight is 421 g/mol. The lowest BCUT2D eigenvalue weighted by Gasteiger charge is -2.29. The summed E-state index contributed by atoms with van der Waals surface area (Å²) in [7, 11) is 0. The molecule has 0 unspecified atom stereocenters. The molecular weight excluding hydrogens is 392 g/mol. The van der Waals surface area contributed by atoms with Crippen LogP contribution in [0.2, 0.25) is 0 Å². The zero-order chi connectivity index (χ0) is 21.8. The summed E-state index contributed by atoms with van der Waals surface area (Å²) in [6, 6.07) is 15.0. The molecule has 0 amide bonds. The largest absolute Gasteiger partial charge is 0.491 e. The summed E-state index contributed by atoms with van der Waals surface area (Å²) in [6.45, 7) is 6.04. The van der Waals surface area contributed by atoms with Crippen molar-refractivity contribution in [3.05, 3.63) is 54.1 Å². The van der Waals surface area contributed by atoms with Crippen LogP contribution in [0, 0.1) is 0 Å². The standard InChI is InChI=1S/C23H28N6O2/c1-16(2)31-20-11-9-17(10-12-20)21(30)29-22(24)26-23(27-29)25-18-7-6-8-19(15-18)28-13-4-3-5-14-28/h6-12,15-16H,3-5,13-14H2,1-2H3,(H3,24,25,26,27). The summed E-state index contributed by atoms with van der Waals surface area (Å²) in [5.74, 6) is 0.661. The predicted molar refractivity (Wildman–Crippen MR) is 122 cm³/mol. The van der Waals surface area contributed by atoms with E-state index >= 15 is 0 Å². The Morgan fingerprint density at radius 3 is 2.55 bits per heavy atom. The Balaban J connectivity index is 1.48. The molecule has 1 saturated heterocycles. The van der Waals surface area contributed by atoms with Crippen molar-refractivity contribution in [2.45, 2.75) is 39.2 Å². The normalized spacial score (nSPS) is 14.0. The van der Waals surface area contributed by atoms with Crippen molar-refractivity contribution in [2.75, 3.05) is 29.0 Å². The average Bonchev–Trinajstić information content (AvgIpc) is 3.14. The number of anilines is 4. The van der Waals surface area contributed by atoms with Gasteiger partial charge < -0.3 is 20.7 Å². The molecule has 1 fully saturated rings. The number of nitrogens with one attached hydrogen (secondary N) is 1. The lowest BCUT2D eigenvalue weighted by molar-refractivity contribution is 0.0948. The molecule has 0 aliphatic carbocycles. The van der Waals surface area contributed by atoms with Crippen molar-refractivity contribution in [2.24, 2.45) is 0 Å². The second-order valence-corrected chi connectivity index (χ2v) is 7.92. The fourth-order valence-electron chi connectivity index (χ4n) is 3.66. The van der Waals surface area contributed by atoms with Crippen LogP contribution in [0.5, 0.6) is 5.75 Å². The number of nitrogens with zero attached hydrogens (tertiary/aromatic N) is 4. The second kappa shape index (κ2) is 9.07. The van der Waals surface area contributed by atoms with Gasteiger partial charge in [0.2, 0.25) is 11.9 Å². The van der Waals surface area contributed by atoms with Crippen LogP contribution in [0.4, 0.5) is 23.3 Å². The van der Waals surface area contributed by atoms with E-state index < -0.39 is 0 Å². The molecule has 162 valence electrons. The maximum absolute atomic E-state index is 12.8. The van der Waals surface area contributed by atoms with Crippen LogP contribution in [0.3, 0.4) is 0 Å². The maximum Gasteiger partial charge on any atom is 0.281 e. The Morgan fingerprint density at radius 1 is 1.10 bits per heavy atom. The van der Waals surface area contributed by atoms with Gasteiger partial charge >= 0.3 is 0 Å². The predicted octanol–water partition coefficient (Wildman–Crippen LogP) is 4.07. The summed E-state index contributed by atoms with van der Waals surface area (Å²) in [6.07, 6.45) is 3.78. The number of hydrogen-bond donors (Lipinski definition) is 2. The van der Waals surface area contributed by atoms with Crippen molar-refractivity contribution < 1.29 is 9.53 Å². The van der Waals surface area contributed by atoms with Gasteiger partial charge in [0.25, 0.3) is 5.91 Å². The highest BCUT2D eigenvalue weighted by atomic mass is 16.5. The van der Waals surface area contributed by atoms with E-state index in [0.29, 0.717) is 11.3 Å². The molecule has 0 saturated carbocycles. The van der Waals surface area contributed by atoms with E-state index in [9.17, 15) is 4.79 Å². The number of rotatable bonds is 6. The second-order valence-electron chi connectivity index (χ2n) is 7.92. The minimum absolute atomic E-state index is 0.0298. The monoisotopic (exact) mass is 420 g/mol. The Bertz CT molecular complexity index is 1040. The zero-order valence-corrected chi connectivity index (χ0v) is 17.9. The fraction of sp³-hybridized carbons (Fsp3) is 0.348. The number of benzene rings is 2. The first-order chi connectivity index (χ1) is 15.0. The van der Waals surface area contributed by atoms with Crippen LogP contribution in [-0.4, -0.2) is 39.9 Å². The van der Waals surface area contributed by atoms with Gasteiger partial charge in [0.05, 0.1) is 6.10 Å². The number of carbonyl (C=O) groups is 1. The van der Waals surface area contributed by atoms with Crippen LogP contribution in [-0.2, 0) is 0 Å². The summed E-state index contributed by atoms with van der Waals surface area (Å²) >= 11 is 0. The van der Waals surface area contributed by atoms with Gasteiger partial charge in [-0.2, -0.15) is 9.67 Å². The molecule has 1 aliphatic rings. The molecule has 8 heteroatoms. The molecule has 2 aromatic carbocycles. The maximum atomic E-state index is 12.8. The van der Waals surface area contributed by atoms with Crippen molar-refractivity contribution in [3.8, 4) is 5.75 Å². The first kappa shape index (κ1) is 20.7. The molecule has 1 aromatic heterocycles. The van der Waals surface area contributed by atoms with E-state index in [1.807, 2.05) is 26.0 Å². The van der Waals surface area contributed by atoms with E-state index in [1.165, 1.54) is 19.3 Å². The highest BCUT2D eigenvalue weighted by Crippen LogP contribution is 2.25. The first-order valence-electron chi connectivity index (χ1n) is 10.7. The van der Waals surface area contributed by atoms with Gasteiger partial charge in [-0.1, -0.05) is 6.07 Å². The molecule has 0 atom stereocenters. The van der Waals surface area contributed by atoms with E-state index in [4.69, 9.17) is 10.5 Å². The van der Waals surface area contributed by atoms with Gasteiger partial charge in [0.15, 0.2) is 0 Å². The van der Waals surface area contributed by atoms with Gasteiger partial charge in [-0.05, 0) is 75.6 Å². The van der Waals surface area contributed by atoms with E-state index in [0.717, 1.165) is 29.1 Å². The van der Waals surface area contributed by atoms with Gasteiger partial charge in [0.1, 0.15) is 5.75 Å². The Kier molecular flexibility index (Phi) is 6.06. The van der Waals surface area contributed by atoms with Crippen LogP contribution >= 0.6 is 0 Å². The summed E-state index contributed by atoms with van der Waals surface area (Å²) in [5.41, 5.74) is 8.44. The molecule has 0 spiro atoms. The molecule has 3 N–H and O–H groups in total. The number of aromatic nitrogens is 3. The number of hydrogen-bond acceptors (Lipinski definition) is 7. The number of nitrogens with two attached hydrogens (primary N) is 1. The molecule has 1 aliphatic heterocycles. The molecular formula is C23H28N6O2. The summed E-state index contributed by atoms with van der Waals surface area (Å²) < 4.78 is 6.72.